The first kappa shape index (κ1) is 12.0. The lowest BCUT2D eigenvalue weighted by molar-refractivity contribution is -0.143. The van der Waals surface area contributed by atoms with E-state index in [1.165, 1.54) is 18.4 Å². The van der Waals surface area contributed by atoms with Crippen molar-refractivity contribution in [1.29, 1.82) is 0 Å². The van der Waals surface area contributed by atoms with E-state index in [1.807, 2.05) is 0 Å². The summed E-state index contributed by atoms with van der Waals surface area (Å²) in [7, 11) is 0. The fourth-order valence-corrected chi connectivity index (χ4v) is 0.974. The summed E-state index contributed by atoms with van der Waals surface area (Å²) < 4.78 is 9.64. The number of carbonyl (C=O) groups is 2. The van der Waals surface area contributed by atoms with Gasteiger partial charge in [0.2, 0.25) is 5.91 Å². The van der Waals surface area contributed by atoms with Gasteiger partial charge in [-0.1, -0.05) is 0 Å². The lowest BCUT2D eigenvalue weighted by Crippen LogP contribution is -2.29. The second-order valence-electron chi connectivity index (χ2n) is 2.87. The summed E-state index contributed by atoms with van der Waals surface area (Å²) in [6, 6.07) is 3.44. The van der Waals surface area contributed by atoms with Gasteiger partial charge in [0, 0.05) is 6.08 Å². The van der Waals surface area contributed by atoms with Crippen LogP contribution in [-0.4, -0.2) is 25.0 Å². The first-order valence-electron chi connectivity index (χ1n) is 4.87. The van der Waals surface area contributed by atoms with Crippen molar-refractivity contribution >= 4 is 18.0 Å². The summed E-state index contributed by atoms with van der Waals surface area (Å²) in [6.45, 7) is 1.88. The Balaban J connectivity index is 2.28. The van der Waals surface area contributed by atoms with Crippen LogP contribution in [0, 0.1) is 0 Å². The molecular formula is C11H13NO4. The molecule has 0 bridgehead atoms. The lowest BCUT2D eigenvalue weighted by Gasteiger charge is -2.01. The maximum atomic E-state index is 11.2. The average Bonchev–Trinajstić information content (AvgIpc) is 2.77. The van der Waals surface area contributed by atoms with Crippen LogP contribution in [0.3, 0.4) is 0 Å². The number of carbonyl (C=O) groups excluding carboxylic acids is 2. The number of nitrogens with one attached hydrogen (secondary N) is 1. The highest BCUT2D eigenvalue weighted by Crippen LogP contribution is 2.01. The molecule has 86 valence electrons. The van der Waals surface area contributed by atoms with E-state index in [-0.39, 0.29) is 12.5 Å². The fraction of sp³-hybridized carbons (Fsp3) is 0.273. The average molecular weight is 223 g/mol. The van der Waals surface area contributed by atoms with E-state index in [2.05, 4.69) is 10.1 Å². The minimum atomic E-state index is -0.456. The third kappa shape index (κ3) is 4.45. The Kier molecular flexibility index (Phi) is 4.85. The Bertz CT molecular complexity index is 367. The molecule has 0 aliphatic rings. The van der Waals surface area contributed by atoms with E-state index < -0.39 is 5.97 Å². The van der Waals surface area contributed by atoms with Gasteiger partial charge in [0.15, 0.2) is 0 Å². The van der Waals surface area contributed by atoms with Crippen molar-refractivity contribution < 1.29 is 18.7 Å². The van der Waals surface area contributed by atoms with Gasteiger partial charge < -0.3 is 14.5 Å². The van der Waals surface area contributed by atoms with Gasteiger partial charge >= 0.3 is 5.97 Å². The molecule has 0 fully saturated rings. The normalized spacial score (nSPS) is 10.3. The van der Waals surface area contributed by atoms with E-state index in [0.29, 0.717) is 12.4 Å². The van der Waals surface area contributed by atoms with E-state index >= 15 is 0 Å². The molecule has 0 unspecified atom stereocenters. The van der Waals surface area contributed by atoms with E-state index in [4.69, 9.17) is 4.42 Å². The minimum absolute atomic E-state index is 0.130. The Morgan fingerprint density at radius 3 is 3.00 bits per heavy atom. The monoisotopic (exact) mass is 223 g/mol. The Hall–Kier alpha value is -2.04. The van der Waals surface area contributed by atoms with Crippen LogP contribution >= 0.6 is 0 Å². The van der Waals surface area contributed by atoms with E-state index in [1.54, 1.807) is 19.1 Å². The zero-order valence-corrected chi connectivity index (χ0v) is 8.93. The molecular weight excluding hydrogens is 210 g/mol. The van der Waals surface area contributed by atoms with E-state index in [0.717, 1.165) is 0 Å². The molecule has 0 spiro atoms. The smallest absolute Gasteiger partial charge is 0.325 e. The molecule has 5 nitrogen and oxygen atoms in total. The molecule has 0 saturated heterocycles. The highest BCUT2D eigenvalue weighted by Gasteiger charge is 2.02. The van der Waals surface area contributed by atoms with Crippen LogP contribution in [0.25, 0.3) is 6.08 Å². The third-order valence-corrected chi connectivity index (χ3v) is 1.65. The van der Waals surface area contributed by atoms with Crippen LogP contribution in [0.5, 0.6) is 0 Å². The molecule has 0 aliphatic heterocycles. The summed E-state index contributed by atoms with van der Waals surface area (Å²) in [5.41, 5.74) is 0. The lowest BCUT2D eigenvalue weighted by atomic mass is 10.4. The Labute approximate surface area is 93.1 Å². The first-order valence-corrected chi connectivity index (χ1v) is 4.87. The Morgan fingerprint density at radius 2 is 2.38 bits per heavy atom. The van der Waals surface area contributed by atoms with Crippen LogP contribution < -0.4 is 5.32 Å². The van der Waals surface area contributed by atoms with Gasteiger partial charge in [0.25, 0.3) is 0 Å². The number of ether oxygens (including phenoxy) is 1. The van der Waals surface area contributed by atoms with Crippen molar-refractivity contribution in [3.05, 3.63) is 30.2 Å². The van der Waals surface area contributed by atoms with Crippen molar-refractivity contribution in [3.63, 3.8) is 0 Å². The molecule has 1 rings (SSSR count). The molecule has 1 amide bonds. The summed E-state index contributed by atoms with van der Waals surface area (Å²) in [6.07, 6.45) is 4.31. The number of amides is 1. The van der Waals surface area contributed by atoms with Crippen LogP contribution in [0.2, 0.25) is 0 Å². The number of rotatable bonds is 5. The van der Waals surface area contributed by atoms with Crippen LogP contribution in [0.15, 0.2) is 28.9 Å². The molecule has 0 radical (unpaired) electrons. The van der Waals surface area contributed by atoms with Gasteiger partial charge in [-0.15, -0.1) is 0 Å². The number of hydrogen-bond acceptors (Lipinski definition) is 4. The van der Waals surface area contributed by atoms with Gasteiger partial charge in [-0.3, -0.25) is 9.59 Å². The highest BCUT2D eigenvalue weighted by molar-refractivity contribution is 5.93. The van der Waals surface area contributed by atoms with Gasteiger partial charge in [-0.2, -0.15) is 0 Å². The number of esters is 1. The van der Waals surface area contributed by atoms with Crippen molar-refractivity contribution in [2.45, 2.75) is 6.92 Å². The standard InChI is InChI=1S/C11H13NO4/c1-2-15-11(14)8-12-10(13)6-5-9-4-3-7-16-9/h3-7H,2,8H2,1H3,(H,12,13)/b6-5+. The summed E-state index contributed by atoms with van der Waals surface area (Å²) in [5, 5.41) is 2.39. The first-order chi connectivity index (χ1) is 7.72. The summed E-state index contributed by atoms with van der Waals surface area (Å²) >= 11 is 0. The SMILES string of the molecule is CCOC(=O)CNC(=O)/C=C/c1ccco1. The van der Waals surface area contributed by atoms with Crippen LogP contribution in [-0.2, 0) is 14.3 Å². The van der Waals surface area contributed by atoms with Crippen LogP contribution in [0.4, 0.5) is 0 Å². The summed E-state index contributed by atoms with van der Waals surface area (Å²) in [4.78, 5) is 22.1. The zero-order chi connectivity index (χ0) is 11.8. The van der Waals surface area contributed by atoms with Gasteiger partial charge in [-0.05, 0) is 25.1 Å². The molecule has 1 aromatic rings. The molecule has 0 aromatic carbocycles. The van der Waals surface area contributed by atoms with Crippen molar-refractivity contribution in [2.24, 2.45) is 0 Å². The topological polar surface area (TPSA) is 68.5 Å². The van der Waals surface area contributed by atoms with Gasteiger partial charge in [0.1, 0.15) is 12.3 Å². The van der Waals surface area contributed by atoms with Crippen molar-refractivity contribution in [1.82, 2.24) is 5.32 Å². The van der Waals surface area contributed by atoms with Crippen LogP contribution in [0.1, 0.15) is 12.7 Å². The minimum Gasteiger partial charge on any atom is -0.465 e. The molecule has 16 heavy (non-hydrogen) atoms. The Morgan fingerprint density at radius 1 is 1.56 bits per heavy atom. The van der Waals surface area contributed by atoms with E-state index in [9.17, 15) is 9.59 Å². The van der Waals surface area contributed by atoms with Gasteiger partial charge in [-0.25, -0.2) is 0 Å². The van der Waals surface area contributed by atoms with Gasteiger partial charge in [0.05, 0.1) is 12.9 Å². The molecule has 1 N–H and O–H groups in total. The predicted molar refractivity (Wildman–Crippen MR) is 57.4 cm³/mol. The molecule has 1 aromatic heterocycles. The summed E-state index contributed by atoms with van der Waals surface area (Å²) in [5.74, 6) is -0.252. The molecule has 0 atom stereocenters. The largest absolute Gasteiger partial charge is 0.465 e. The zero-order valence-electron chi connectivity index (χ0n) is 8.93. The van der Waals surface area contributed by atoms with Crippen molar-refractivity contribution in [3.8, 4) is 0 Å². The number of hydrogen-bond donors (Lipinski definition) is 1. The maximum absolute atomic E-state index is 11.2. The quantitative estimate of drug-likeness (QED) is 0.596. The predicted octanol–water partition coefficient (Wildman–Crippen LogP) is 0.972. The third-order valence-electron chi connectivity index (χ3n) is 1.65. The second kappa shape index (κ2) is 6.44. The second-order valence-corrected chi connectivity index (χ2v) is 2.87. The highest BCUT2D eigenvalue weighted by atomic mass is 16.5. The molecule has 1 heterocycles. The van der Waals surface area contributed by atoms with Crippen molar-refractivity contribution in [2.75, 3.05) is 13.2 Å². The molecule has 0 aliphatic carbocycles. The molecule has 0 saturated carbocycles. The fourth-order valence-electron chi connectivity index (χ4n) is 0.974. The maximum Gasteiger partial charge on any atom is 0.325 e. The molecule has 5 heteroatoms. The number of furan rings is 1.